The number of fused-ring (bicyclic) bond motifs is 5. The molecule has 0 bridgehead atoms. The van der Waals surface area contributed by atoms with Gasteiger partial charge in [0.2, 0.25) is 0 Å². The van der Waals surface area contributed by atoms with E-state index in [0.717, 1.165) is 24.0 Å². The quantitative estimate of drug-likeness (QED) is 0.360. The van der Waals surface area contributed by atoms with E-state index in [2.05, 4.69) is 13.0 Å². The van der Waals surface area contributed by atoms with Crippen LogP contribution in [0.2, 0.25) is 0 Å². The zero-order valence-corrected chi connectivity index (χ0v) is 21.0. The minimum absolute atomic E-state index is 0.00439. The Hall–Kier alpha value is -2.25. The Bertz CT molecular complexity index is 1040. The molecule has 7 nitrogen and oxygen atoms in total. The zero-order chi connectivity index (χ0) is 25.2. The number of allylic oxidation sites excluding steroid dienone is 3. The Labute approximate surface area is 206 Å². The average Bonchev–Trinajstić information content (AvgIpc) is 3.08. The summed E-state index contributed by atoms with van der Waals surface area (Å²) in [4.78, 5) is 40.1. The van der Waals surface area contributed by atoms with Crippen LogP contribution in [0, 0.1) is 28.6 Å². The molecule has 1 aliphatic heterocycles. The highest BCUT2D eigenvalue weighted by Gasteiger charge is 2.69. The van der Waals surface area contributed by atoms with Gasteiger partial charge in [-0.1, -0.05) is 31.6 Å². The summed E-state index contributed by atoms with van der Waals surface area (Å²) in [5.41, 5.74) is -0.993. The third-order valence-corrected chi connectivity index (χ3v) is 10.1. The Balaban J connectivity index is 1.36. The van der Waals surface area contributed by atoms with Gasteiger partial charge in [-0.2, -0.15) is 0 Å². The first-order valence-electron chi connectivity index (χ1n) is 12.9. The largest absolute Gasteiger partial charge is 0.455 e. The first-order chi connectivity index (χ1) is 16.5. The Morgan fingerprint density at radius 1 is 1.26 bits per heavy atom. The second-order valence-electron chi connectivity index (χ2n) is 11.9. The van der Waals surface area contributed by atoms with Crippen LogP contribution in [0.1, 0.15) is 65.2 Å². The van der Waals surface area contributed by atoms with Crippen LogP contribution < -0.4 is 0 Å². The average molecular weight is 484 g/mol. The molecule has 3 fully saturated rings. The number of aliphatic hydroxyl groups is 2. The van der Waals surface area contributed by atoms with Gasteiger partial charge >= 0.3 is 5.97 Å². The van der Waals surface area contributed by atoms with Gasteiger partial charge in [0.25, 0.3) is 5.78 Å². The summed E-state index contributed by atoms with van der Waals surface area (Å²) in [7, 11) is 1.88. The van der Waals surface area contributed by atoms with E-state index >= 15 is 0 Å². The van der Waals surface area contributed by atoms with Crippen LogP contribution in [0.5, 0.6) is 0 Å². The van der Waals surface area contributed by atoms with Gasteiger partial charge in [0.1, 0.15) is 18.0 Å². The van der Waals surface area contributed by atoms with E-state index in [0.29, 0.717) is 25.7 Å². The molecule has 7 atom stereocenters. The molecule has 5 rings (SSSR count). The number of Topliss-reactive ketones (excluding diaryl/α,β-unsaturated/α-hetero) is 2. The summed E-state index contributed by atoms with van der Waals surface area (Å²) in [6.45, 7) is 4.04. The van der Waals surface area contributed by atoms with Gasteiger partial charge in [0, 0.05) is 31.5 Å². The van der Waals surface area contributed by atoms with Gasteiger partial charge < -0.3 is 19.8 Å². The fourth-order valence-corrected chi connectivity index (χ4v) is 8.23. The van der Waals surface area contributed by atoms with Crippen LogP contribution in [0.25, 0.3) is 0 Å². The van der Waals surface area contributed by atoms with E-state index in [1.807, 2.05) is 37.3 Å². The van der Waals surface area contributed by atoms with Crippen molar-refractivity contribution in [2.24, 2.45) is 28.6 Å². The van der Waals surface area contributed by atoms with Gasteiger partial charge in [-0.15, -0.1) is 0 Å². The fraction of sp³-hybridized carbons (Fsp3) is 0.679. The van der Waals surface area contributed by atoms with Gasteiger partial charge in [-0.25, -0.2) is 4.79 Å². The molecule has 0 spiro atoms. The van der Waals surface area contributed by atoms with Crippen molar-refractivity contribution in [3.63, 3.8) is 0 Å². The highest BCUT2D eigenvalue weighted by atomic mass is 16.5. The molecule has 2 N–H and O–H groups in total. The van der Waals surface area contributed by atoms with Crippen LogP contribution in [0.4, 0.5) is 0 Å². The van der Waals surface area contributed by atoms with Crippen molar-refractivity contribution in [2.45, 2.75) is 76.9 Å². The van der Waals surface area contributed by atoms with Crippen molar-refractivity contribution in [3.8, 4) is 0 Å². The summed E-state index contributed by atoms with van der Waals surface area (Å²) in [6.07, 6.45) is 11.4. The molecule has 190 valence electrons. The fourth-order valence-electron chi connectivity index (χ4n) is 8.23. The molecule has 4 aliphatic carbocycles. The molecule has 3 saturated carbocycles. The number of aliphatic hydroxyl groups excluding tert-OH is 1. The predicted octanol–water partition coefficient (Wildman–Crippen LogP) is 3.07. The molecular weight excluding hydrogens is 446 g/mol. The minimum Gasteiger partial charge on any atom is -0.455 e. The Kier molecular flexibility index (Phi) is 5.87. The molecule has 0 saturated heterocycles. The molecule has 1 heterocycles. The lowest BCUT2D eigenvalue weighted by molar-refractivity contribution is -0.185. The third-order valence-electron chi connectivity index (χ3n) is 10.1. The molecule has 0 aromatic heterocycles. The van der Waals surface area contributed by atoms with E-state index in [1.165, 1.54) is 0 Å². The zero-order valence-electron chi connectivity index (χ0n) is 21.0. The number of hydrogen-bond acceptors (Lipinski definition) is 7. The molecular formula is C28H37NO6. The highest BCUT2D eigenvalue weighted by molar-refractivity contribution is 6.37. The lowest BCUT2D eigenvalue weighted by atomic mass is 9.46. The second-order valence-corrected chi connectivity index (χ2v) is 11.9. The predicted molar refractivity (Wildman–Crippen MR) is 129 cm³/mol. The van der Waals surface area contributed by atoms with Crippen LogP contribution in [-0.2, 0) is 19.1 Å². The lowest BCUT2D eigenvalue weighted by Gasteiger charge is -2.59. The van der Waals surface area contributed by atoms with E-state index in [-0.39, 0.29) is 48.4 Å². The maximum absolute atomic E-state index is 13.4. The van der Waals surface area contributed by atoms with Gasteiger partial charge in [-0.05, 0) is 73.5 Å². The summed E-state index contributed by atoms with van der Waals surface area (Å²) >= 11 is 0. The van der Waals surface area contributed by atoms with Crippen molar-refractivity contribution in [1.82, 2.24) is 4.90 Å². The minimum atomic E-state index is -1.86. The van der Waals surface area contributed by atoms with Crippen molar-refractivity contribution in [2.75, 3.05) is 13.7 Å². The highest BCUT2D eigenvalue weighted by Crippen LogP contribution is 2.67. The number of hydrogen-bond donors (Lipinski definition) is 2. The molecule has 0 radical (unpaired) electrons. The molecule has 0 aromatic carbocycles. The van der Waals surface area contributed by atoms with Crippen LogP contribution in [-0.4, -0.2) is 58.0 Å². The molecule has 35 heavy (non-hydrogen) atoms. The lowest BCUT2D eigenvalue weighted by Crippen LogP contribution is -2.62. The summed E-state index contributed by atoms with van der Waals surface area (Å²) in [5, 5.41) is 23.2. The van der Waals surface area contributed by atoms with E-state index in [1.54, 1.807) is 0 Å². The number of carbonyl (C=O) groups excluding carboxylic acids is 3. The smallest absolute Gasteiger partial charge is 0.378 e. The normalized spacial score (nSPS) is 42.4. The number of esters is 1. The van der Waals surface area contributed by atoms with Crippen LogP contribution >= 0.6 is 0 Å². The van der Waals surface area contributed by atoms with E-state index in [4.69, 9.17) is 4.74 Å². The number of rotatable bonds is 4. The Morgan fingerprint density at radius 3 is 2.77 bits per heavy atom. The first kappa shape index (κ1) is 24.4. The molecule has 0 amide bonds. The van der Waals surface area contributed by atoms with E-state index in [9.17, 15) is 24.6 Å². The molecule has 5 aliphatic rings. The number of nitrogens with zero attached hydrogens (tertiary/aromatic N) is 1. The van der Waals surface area contributed by atoms with Crippen LogP contribution in [0.15, 0.2) is 35.7 Å². The van der Waals surface area contributed by atoms with Gasteiger partial charge in [-0.3, -0.25) is 9.59 Å². The Morgan fingerprint density at radius 2 is 2.03 bits per heavy atom. The molecule has 0 aromatic rings. The number of ketones is 2. The van der Waals surface area contributed by atoms with Crippen molar-refractivity contribution in [3.05, 3.63) is 35.7 Å². The monoisotopic (exact) mass is 483 g/mol. The standard InChI is InChI=1S/C28H37NO6/c1-26-10-8-19(30)13-18(26)6-7-20-21-9-11-28(34,27(21,2)14-22(31)23(20)26)24(32)25(33)35-16-17-5-4-12-29(3)15-17/h4,6,12,15,20-23,31,34H,5,7-11,13-14,16H2,1-3H3/t20?,21?,22?,23?,26?,27?,28-/m0/s1. The second kappa shape index (κ2) is 8.41. The first-order valence-corrected chi connectivity index (χ1v) is 12.9. The number of ether oxygens (including phenoxy) is 1. The van der Waals surface area contributed by atoms with Gasteiger partial charge in [0.05, 0.1) is 6.10 Å². The van der Waals surface area contributed by atoms with E-state index < -0.39 is 28.9 Å². The summed E-state index contributed by atoms with van der Waals surface area (Å²) in [5.74, 6) is -1.56. The SMILES string of the molecule is CN1C=CCC(COC(=O)C(=O)[C@@]2(O)CCC3C4CC=C5CC(=O)CCC5(C)C4C(O)CC32C)=C1. The van der Waals surface area contributed by atoms with Crippen molar-refractivity contribution >= 4 is 17.5 Å². The maximum Gasteiger partial charge on any atom is 0.378 e. The van der Waals surface area contributed by atoms with Crippen LogP contribution in [0.3, 0.4) is 0 Å². The van der Waals surface area contributed by atoms with Crippen molar-refractivity contribution in [1.29, 1.82) is 0 Å². The molecule has 6 unspecified atom stereocenters. The van der Waals surface area contributed by atoms with Gasteiger partial charge in [0.15, 0.2) is 0 Å². The third kappa shape index (κ3) is 3.65. The number of carbonyl (C=O) groups is 3. The summed E-state index contributed by atoms with van der Waals surface area (Å²) in [6, 6.07) is 0. The molecule has 7 heteroatoms. The maximum atomic E-state index is 13.4. The topological polar surface area (TPSA) is 104 Å². The van der Waals surface area contributed by atoms with Crippen molar-refractivity contribution < 1.29 is 29.3 Å². The summed E-state index contributed by atoms with van der Waals surface area (Å²) < 4.78 is 5.34.